The Labute approximate surface area is 110 Å². The lowest BCUT2D eigenvalue weighted by Crippen LogP contribution is -2.29. The molecule has 0 fully saturated rings. The molecule has 0 bridgehead atoms. The molecule has 19 heavy (non-hydrogen) atoms. The van der Waals surface area contributed by atoms with Crippen molar-refractivity contribution in [3.63, 3.8) is 0 Å². The molecule has 0 aliphatic rings. The zero-order chi connectivity index (χ0) is 14.5. The molecule has 6 heteroatoms. The standard InChI is InChI=1S/C13H18F3NO2/c1-3-12(2,9-18)8-17-10-4-6-11(7-5-10)19-13(14,15)16/h4-7,17-18H,3,8-9H2,1-2H3. The van der Waals surface area contributed by atoms with E-state index in [1.165, 1.54) is 24.3 Å². The third-order valence-corrected chi connectivity index (χ3v) is 3.04. The Hall–Kier alpha value is -1.43. The Morgan fingerprint density at radius 3 is 2.21 bits per heavy atom. The molecule has 108 valence electrons. The van der Waals surface area contributed by atoms with Gasteiger partial charge in [-0.1, -0.05) is 13.8 Å². The van der Waals surface area contributed by atoms with Gasteiger partial charge in [0.1, 0.15) is 5.75 Å². The number of halogens is 3. The summed E-state index contributed by atoms with van der Waals surface area (Å²) in [6, 6.07) is 5.51. The highest BCUT2D eigenvalue weighted by molar-refractivity contribution is 5.46. The largest absolute Gasteiger partial charge is 0.573 e. The molecule has 3 nitrogen and oxygen atoms in total. The highest BCUT2D eigenvalue weighted by atomic mass is 19.4. The maximum Gasteiger partial charge on any atom is 0.573 e. The van der Waals surface area contributed by atoms with Gasteiger partial charge < -0.3 is 15.2 Å². The predicted molar refractivity (Wildman–Crippen MR) is 67.1 cm³/mol. The van der Waals surface area contributed by atoms with Crippen LogP contribution in [0.3, 0.4) is 0 Å². The fraction of sp³-hybridized carbons (Fsp3) is 0.538. The van der Waals surface area contributed by atoms with E-state index in [0.29, 0.717) is 12.2 Å². The summed E-state index contributed by atoms with van der Waals surface area (Å²) >= 11 is 0. The van der Waals surface area contributed by atoms with E-state index in [9.17, 15) is 18.3 Å². The number of hydrogen-bond donors (Lipinski definition) is 2. The van der Waals surface area contributed by atoms with Gasteiger partial charge in [0.05, 0.1) is 6.61 Å². The van der Waals surface area contributed by atoms with Crippen LogP contribution in [-0.2, 0) is 0 Å². The normalized spacial score (nSPS) is 14.8. The zero-order valence-corrected chi connectivity index (χ0v) is 10.9. The van der Waals surface area contributed by atoms with Gasteiger partial charge in [-0.3, -0.25) is 0 Å². The molecule has 1 aromatic carbocycles. The van der Waals surface area contributed by atoms with Gasteiger partial charge in [0.25, 0.3) is 0 Å². The van der Waals surface area contributed by atoms with Crippen LogP contribution in [-0.4, -0.2) is 24.6 Å². The van der Waals surface area contributed by atoms with Crippen molar-refractivity contribution in [3.05, 3.63) is 24.3 Å². The Balaban J connectivity index is 2.58. The minimum atomic E-state index is -4.67. The molecule has 1 atom stereocenters. The lowest BCUT2D eigenvalue weighted by atomic mass is 9.88. The van der Waals surface area contributed by atoms with Gasteiger partial charge in [-0.05, 0) is 30.7 Å². The second-order valence-electron chi connectivity index (χ2n) is 4.75. The molecule has 0 aliphatic carbocycles. The maximum atomic E-state index is 12.0. The zero-order valence-electron chi connectivity index (χ0n) is 10.9. The molecule has 0 amide bonds. The van der Waals surface area contributed by atoms with E-state index in [0.717, 1.165) is 6.42 Å². The number of hydrogen-bond acceptors (Lipinski definition) is 3. The summed E-state index contributed by atoms with van der Waals surface area (Å²) in [4.78, 5) is 0. The van der Waals surface area contributed by atoms with Crippen LogP contribution in [0, 0.1) is 5.41 Å². The molecule has 0 heterocycles. The molecule has 2 N–H and O–H groups in total. The molecule has 1 rings (SSSR count). The monoisotopic (exact) mass is 277 g/mol. The molecule has 1 aromatic rings. The smallest absolute Gasteiger partial charge is 0.406 e. The second kappa shape index (κ2) is 6.14. The van der Waals surface area contributed by atoms with Crippen LogP contribution in [0.15, 0.2) is 24.3 Å². The van der Waals surface area contributed by atoms with E-state index in [2.05, 4.69) is 10.1 Å². The van der Waals surface area contributed by atoms with Crippen molar-refractivity contribution in [2.45, 2.75) is 26.6 Å². The average molecular weight is 277 g/mol. The molecule has 0 radical (unpaired) electrons. The molecular formula is C13H18F3NO2. The van der Waals surface area contributed by atoms with Crippen LogP contribution >= 0.6 is 0 Å². The van der Waals surface area contributed by atoms with E-state index >= 15 is 0 Å². The van der Waals surface area contributed by atoms with Gasteiger partial charge in [0, 0.05) is 17.6 Å². The van der Waals surface area contributed by atoms with E-state index < -0.39 is 6.36 Å². The molecule has 0 spiro atoms. The van der Waals surface area contributed by atoms with Crippen molar-refractivity contribution in [1.29, 1.82) is 0 Å². The lowest BCUT2D eigenvalue weighted by molar-refractivity contribution is -0.274. The molecule has 0 saturated carbocycles. The second-order valence-corrected chi connectivity index (χ2v) is 4.75. The van der Waals surface area contributed by atoms with Crippen LogP contribution in [0.4, 0.5) is 18.9 Å². The van der Waals surface area contributed by atoms with Crippen molar-refractivity contribution < 1.29 is 23.0 Å². The molecular weight excluding hydrogens is 259 g/mol. The quantitative estimate of drug-likeness (QED) is 0.837. The first kappa shape index (κ1) is 15.6. The molecule has 0 saturated heterocycles. The number of anilines is 1. The summed E-state index contributed by atoms with van der Waals surface area (Å²) in [7, 11) is 0. The van der Waals surface area contributed by atoms with Gasteiger partial charge >= 0.3 is 6.36 Å². The fourth-order valence-electron chi connectivity index (χ4n) is 1.38. The SMILES string of the molecule is CCC(C)(CO)CNc1ccc(OC(F)(F)F)cc1. The maximum absolute atomic E-state index is 12.0. The third kappa shape index (κ3) is 5.38. The van der Waals surface area contributed by atoms with Crippen molar-refractivity contribution in [2.24, 2.45) is 5.41 Å². The van der Waals surface area contributed by atoms with Crippen molar-refractivity contribution in [2.75, 3.05) is 18.5 Å². The van der Waals surface area contributed by atoms with E-state index in [1.54, 1.807) is 0 Å². The van der Waals surface area contributed by atoms with Crippen LogP contribution in [0.2, 0.25) is 0 Å². The first-order chi connectivity index (χ1) is 8.78. The highest BCUT2D eigenvalue weighted by Crippen LogP contribution is 2.25. The summed E-state index contributed by atoms with van der Waals surface area (Å²) in [5.41, 5.74) is 0.434. The number of ether oxygens (including phenoxy) is 1. The summed E-state index contributed by atoms with van der Waals surface area (Å²) in [5.74, 6) is -0.251. The highest BCUT2D eigenvalue weighted by Gasteiger charge is 2.31. The number of nitrogens with one attached hydrogen (secondary N) is 1. The summed E-state index contributed by atoms with van der Waals surface area (Å²) in [6.07, 6.45) is -3.88. The number of benzene rings is 1. The number of rotatable bonds is 6. The third-order valence-electron chi connectivity index (χ3n) is 3.04. The first-order valence-corrected chi connectivity index (χ1v) is 5.98. The van der Waals surface area contributed by atoms with E-state index in [4.69, 9.17) is 0 Å². The average Bonchev–Trinajstić information content (AvgIpc) is 2.36. The summed E-state index contributed by atoms with van der Waals surface area (Å²) < 4.78 is 39.7. The van der Waals surface area contributed by atoms with Gasteiger partial charge in [0.15, 0.2) is 0 Å². The van der Waals surface area contributed by atoms with Gasteiger partial charge in [-0.2, -0.15) is 0 Å². The summed E-state index contributed by atoms with van der Waals surface area (Å²) in [5, 5.41) is 12.3. The summed E-state index contributed by atoms with van der Waals surface area (Å²) in [6.45, 7) is 4.49. The van der Waals surface area contributed by atoms with Crippen LogP contribution in [0.5, 0.6) is 5.75 Å². The Morgan fingerprint density at radius 1 is 1.21 bits per heavy atom. The van der Waals surface area contributed by atoms with Crippen molar-refractivity contribution >= 4 is 5.69 Å². The predicted octanol–water partition coefficient (Wildman–Crippen LogP) is 3.41. The van der Waals surface area contributed by atoms with Gasteiger partial charge in [0.2, 0.25) is 0 Å². The Morgan fingerprint density at radius 2 is 1.79 bits per heavy atom. The number of aliphatic hydroxyl groups is 1. The van der Waals surface area contributed by atoms with Crippen LogP contribution in [0.25, 0.3) is 0 Å². The van der Waals surface area contributed by atoms with Crippen LogP contribution < -0.4 is 10.1 Å². The minimum absolute atomic E-state index is 0.0474. The number of aliphatic hydroxyl groups excluding tert-OH is 1. The van der Waals surface area contributed by atoms with Crippen LogP contribution in [0.1, 0.15) is 20.3 Å². The van der Waals surface area contributed by atoms with E-state index in [-0.39, 0.29) is 17.8 Å². The van der Waals surface area contributed by atoms with Gasteiger partial charge in [-0.25, -0.2) is 0 Å². The van der Waals surface area contributed by atoms with E-state index in [1.807, 2.05) is 13.8 Å². The lowest BCUT2D eigenvalue weighted by Gasteiger charge is -2.26. The fourth-order valence-corrected chi connectivity index (χ4v) is 1.38. The first-order valence-electron chi connectivity index (χ1n) is 5.98. The topological polar surface area (TPSA) is 41.5 Å². The molecule has 1 unspecified atom stereocenters. The minimum Gasteiger partial charge on any atom is -0.406 e. The molecule has 0 aromatic heterocycles. The van der Waals surface area contributed by atoms with Crippen molar-refractivity contribution in [1.82, 2.24) is 0 Å². The van der Waals surface area contributed by atoms with Crippen molar-refractivity contribution in [3.8, 4) is 5.75 Å². The molecule has 0 aliphatic heterocycles. The Bertz CT molecular complexity index is 386. The van der Waals surface area contributed by atoms with Gasteiger partial charge in [-0.15, -0.1) is 13.2 Å². The number of alkyl halides is 3. The Kier molecular flexibility index (Phi) is 5.05.